The molecule has 0 aromatic heterocycles. The van der Waals surface area contributed by atoms with Crippen LogP contribution in [0.5, 0.6) is 0 Å². The van der Waals surface area contributed by atoms with Crippen LogP contribution in [-0.4, -0.2) is 68.5 Å². The first-order valence-corrected chi connectivity index (χ1v) is 32.3. The van der Waals surface area contributed by atoms with E-state index >= 15 is 0 Å². The van der Waals surface area contributed by atoms with E-state index < -0.39 is 26.6 Å². The predicted octanol–water partition coefficient (Wildman–Crippen LogP) is 18.4. The summed E-state index contributed by atoms with van der Waals surface area (Å²) in [5.41, 5.74) is 0. The van der Waals surface area contributed by atoms with Crippen LogP contribution < -0.4 is 10.2 Å². The molecule has 0 radical (unpaired) electrons. The number of carbonyl (C=O) groups is 1. The molecule has 0 saturated carbocycles. The number of carbonyl (C=O) groups excluding carboxylic acids is 1. The first kappa shape index (κ1) is 70.9. The van der Waals surface area contributed by atoms with Gasteiger partial charge in [0.15, 0.2) is 0 Å². The zero-order valence-electron chi connectivity index (χ0n) is 48.6. The number of phosphoric acid groups is 1. The van der Waals surface area contributed by atoms with Gasteiger partial charge in [-0.05, 0) is 77.0 Å². The Hall–Kier alpha value is -2.06. The number of aliphatic hydroxyl groups is 1. The lowest BCUT2D eigenvalue weighted by atomic mass is 10.0. The molecule has 3 unspecified atom stereocenters. The summed E-state index contributed by atoms with van der Waals surface area (Å²) in [6, 6.07) is -0.908. The molecule has 0 aromatic rings. The van der Waals surface area contributed by atoms with Gasteiger partial charge in [0.2, 0.25) is 5.91 Å². The molecule has 3 atom stereocenters. The maximum Gasteiger partial charge on any atom is 0.268 e. The lowest BCUT2D eigenvalue weighted by molar-refractivity contribution is -0.870. The van der Waals surface area contributed by atoms with Gasteiger partial charge in [0.1, 0.15) is 13.2 Å². The topological polar surface area (TPSA) is 108 Å². The summed E-state index contributed by atoms with van der Waals surface area (Å²) >= 11 is 0. The summed E-state index contributed by atoms with van der Waals surface area (Å²) in [5, 5.41) is 13.8. The largest absolute Gasteiger partial charge is 0.756 e. The van der Waals surface area contributed by atoms with Crippen molar-refractivity contribution < 1.29 is 32.9 Å². The fourth-order valence-corrected chi connectivity index (χ4v) is 9.57. The third-order valence-corrected chi connectivity index (χ3v) is 14.6. The van der Waals surface area contributed by atoms with Gasteiger partial charge in [0.25, 0.3) is 7.82 Å². The highest BCUT2D eigenvalue weighted by Gasteiger charge is 2.23. The Balaban J connectivity index is 3.81. The monoisotopic (exact) mass is 1040 g/mol. The first-order chi connectivity index (χ1) is 35.5. The van der Waals surface area contributed by atoms with Gasteiger partial charge in [-0.25, -0.2) is 0 Å². The fraction of sp³-hybridized carbons (Fsp3) is 0.797. The second-order valence-electron chi connectivity index (χ2n) is 22.0. The fourth-order valence-electron chi connectivity index (χ4n) is 8.85. The summed E-state index contributed by atoms with van der Waals surface area (Å²) < 4.78 is 23.2. The van der Waals surface area contributed by atoms with Gasteiger partial charge in [-0.3, -0.25) is 9.36 Å². The van der Waals surface area contributed by atoms with Crippen LogP contribution in [0.3, 0.4) is 0 Å². The van der Waals surface area contributed by atoms with Crippen LogP contribution in [0.2, 0.25) is 0 Å². The van der Waals surface area contributed by atoms with Crippen molar-refractivity contribution in [3.8, 4) is 0 Å². The van der Waals surface area contributed by atoms with Crippen LogP contribution in [0.15, 0.2) is 72.9 Å². The number of amides is 1. The highest BCUT2D eigenvalue weighted by atomic mass is 31.2. The number of allylic oxidation sites excluding steroid dienone is 11. The van der Waals surface area contributed by atoms with Crippen molar-refractivity contribution in [1.82, 2.24) is 5.32 Å². The van der Waals surface area contributed by atoms with Crippen LogP contribution in [0.4, 0.5) is 0 Å². The summed E-state index contributed by atoms with van der Waals surface area (Å²) in [7, 11) is 1.23. The zero-order valence-corrected chi connectivity index (χ0v) is 49.5. The summed E-state index contributed by atoms with van der Waals surface area (Å²) in [4.78, 5) is 25.4. The van der Waals surface area contributed by atoms with Gasteiger partial charge in [0, 0.05) is 6.42 Å². The number of unbranched alkanes of at least 4 members (excludes halogenated alkanes) is 33. The molecule has 0 bridgehead atoms. The van der Waals surface area contributed by atoms with Crippen molar-refractivity contribution in [2.45, 2.75) is 289 Å². The molecule has 73 heavy (non-hydrogen) atoms. The molecule has 0 aromatic carbocycles. The van der Waals surface area contributed by atoms with Gasteiger partial charge in [-0.1, -0.05) is 267 Å². The second kappa shape index (κ2) is 54.7. The molecule has 0 aliphatic heterocycles. The average molecular weight is 1040 g/mol. The number of phosphoric ester groups is 1. The molecule has 8 nitrogen and oxygen atoms in total. The van der Waals surface area contributed by atoms with E-state index in [-0.39, 0.29) is 12.5 Å². The molecule has 0 heterocycles. The highest BCUT2D eigenvalue weighted by molar-refractivity contribution is 7.45. The SMILES string of the molecule is CC/C=C/CC/C=C/CC/C=C/C(O)C(COP(=O)([O-])OCC[N+](C)(C)C)NC(=O)CCCCCCCCCCCCCCCCCCCCCCCCCCCC/C=C\C/C=C\C/C=C\CCCCCCC. The van der Waals surface area contributed by atoms with Crippen molar-refractivity contribution >= 4 is 13.7 Å². The first-order valence-electron chi connectivity index (χ1n) is 30.8. The van der Waals surface area contributed by atoms with E-state index in [4.69, 9.17) is 9.05 Å². The summed E-state index contributed by atoms with van der Waals surface area (Å²) in [5.74, 6) is -0.211. The molecule has 0 saturated heterocycles. The number of nitrogens with one attached hydrogen (secondary N) is 1. The smallest absolute Gasteiger partial charge is 0.268 e. The van der Waals surface area contributed by atoms with E-state index in [1.807, 2.05) is 27.2 Å². The van der Waals surface area contributed by atoms with Crippen molar-refractivity contribution in [2.24, 2.45) is 0 Å². The van der Waals surface area contributed by atoms with Crippen molar-refractivity contribution in [3.63, 3.8) is 0 Å². The minimum absolute atomic E-state index is 0.00981. The molecule has 0 fully saturated rings. The Labute approximate surface area is 453 Å². The van der Waals surface area contributed by atoms with Crippen LogP contribution in [0, 0.1) is 0 Å². The molecule has 0 aliphatic carbocycles. The molecule has 0 spiro atoms. The molecule has 0 rings (SSSR count). The van der Waals surface area contributed by atoms with E-state index in [9.17, 15) is 19.4 Å². The minimum atomic E-state index is -4.60. The van der Waals surface area contributed by atoms with Gasteiger partial charge in [0.05, 0.1) is 39.9 Å². The van der Waals surface area contributed by atoms with E-state index in [0.29, 0.717) is 17.4 Å². The Bertz CT molecular complexity index is 1420. The molecular formula is C64H119N2O6P. The van der Waals surface area contributed by atoms with Crippen LogP contribution in [0.1, 0.15) is 277 Å². The Kier molecular flexibility index (Phi) is 53.2. The Morgan fingerprint density at radius 1 is 0.493 bits per heavy atom. The lowest BCUT2D eigenvalue weighted by Gasteiger charge is -2.29. The number of hydrogen-bond acceptors (Lipinski definition) is 6. The maximum absolute atomic E-state index is 12.9. The average Bonchev–Trinajstić information content (AvgIpc) is 3.35. The second-order valence-corrected chi connectivity index (χ2v) is 23.4. The van der Waals surface area contributed by atoms with E-state index in [1.54, 1.807) is 6.08 Å². The van der Waals surface area contributed by atoms with Gasteiger partial charge in [-0.2, -0.15) is 0 Å². The minimum Gasteiger partial charge on any atom is -0.756 e. The lowest BCUT2D eigenvalue weighted by Crippen LogP contribution is -2.45. The van der Waals surface area contributed by atoms with Gasteiger partial charge >= 0.3 is 0 Å². The zero-order chi connectivity index (χ0) is 53.5. The number of nitrogens with zero attached hydrogens (tertiary/aromatic N) is 1. The molecule has 0 aliphatic rings. The van der Waals surface area contributed by atoms with E-state index in [1.165, 1.54) is 193 Å². The van der Waals surface area contributed by atoms with Crippen LogP contribution >= 0.6 is 7.82 Å². The normalized spacial score (nSPS) is 14.3. The quantitative estimate of drug-likeness (QED) is 0.0272. The van der Waals surface area contributed by atoms with E-state index in [2.05, 4.69) is 79.9 Å². The van der Waals surface area contributed by atoms with E-state index in [0.717, 1.165) is 64.2 Å². The van der Waals surface area contributed by atoms with Gasteiger partial charge < -0.3 is 28.8 Å². The molecule has 2 N–H and O–H groups in total. The number of likely N-dealkylation sites (N-methyl/N-ethyl adjacent to an activating group) is 1. The predicted molar refractivity (Wildman–Crippen MR) is 316 cm³/mol. The van der Waals surface area contributed by atoms with Crippen molar-refractivity contribution in [3.05, 3.63) is 72.9 Å². The number of aliphatic hydroxyl groups excluding tert-OH is 1. The number of rotatable bonds is 56. The van der Waals surface area contributed by atoms with Crippen LogP contribution in [-0.2, 0) is 18.4 Å². The Morgan fingerprint density at radius 2 is 0.849 bits per heavy atom. The van der Waals surface area contributed by atoms with Crippen molar-refractivity contribution in [1.29, 1.82) is 0 Å². The van der Waals surface area contributed by atoms with Crippen molar-refractivity contribution in [2.75, 3.05) is 40.9 Å². The highest BCUT2D eigenvalue weighted by Crippen LogP contribution is 2.38. The third kappa shape index (κ3) is 57.5. The Morgan fingerprint density at radius 3 is 1.26 bits per heavy atom. The summed E-state index contributed by atoms with van der Waals surface area (Å²) in [6.45, 7) is 4.49. The molecule has 9 heteroatoms. The third-order valence-electron chi connectivity index (χ3n) is 13.6. The number of quaternary nitrogens is 1. The maximum atomic E-state index is 12.9. The van der Waals surface area contributed by atoms with Crippen LogP contribution in [0.25, 0.3) is 0 Å². The summed E-state index contributed by atoms with van der Waals surface area (Å²) in [6.07, 6.45) is 76.2. The standard InChI is InChI=1S/C64H119N2O6P/c1-6-8-10-12-14-16-18-19-20-21-22-23-24-25-26-27-28-29-30-31-32-33-34-35-36-37-38-39-40-41-42-43-44-45-46-47-48-50-52-54-56-58-64(68)65-62(61-72-73(69,70)71-60-59-66(3,4)5)63(67)57-55-53-51-49-17-15-13-11-9-7-2/h9,11,17-19,21-22,24-25,49,55,57,62-63,67H,6-8,10,12-16,20,23,26-48,50-54,56,58-61H2,1-5H3,(H-,65,68,69,70)/b11-9+,19-18-,22-21-,25-24-,49-17+,57-55+. The molecular weight excluding hydrogens is 924 g/mol. The number of hydrogen-bond donors (Lipinski definition) is 2. The van der Waals surface area contributed by atoms with Gasteiger partial charge in [-0.15, -0.1) is 0 Å². The molecule has 426 valence electrons. The molecule has 1 amide bonds.